The van der Waals surface area contributed by atoms with Crippen molar-refractivity contribution in [3.8, 4) is 0 Å². The van der Waals surface area contributed by atoms with Gasteiger partial charge in [-0.25, -0.2) is 9.59 Å². The molecule has 7 heteroatoms. The van der Waals surface area contributed by atoms with Crippen molar-refractivity contribution in [1.29, 1.82) is 0 Å². The molecule has 0 aromatic heterocycles. The number of esters is 1. The average Bonchev–Trinajstić information content (AvgIpc) is 2.40. The number of carbonyl (C=O) groups excluding carboxylic acids is 2. The predicted molar refractivity (Wildman–Crippen MR) is 67.3 cm³/mol. The van der Waals surface area contributed by atoms with Gasteiger partial charge in [0.15, 0.2) is 0 Å². The summed E-state index contributed by atoms with van der Waals surface area (Å²) in [7, 11) is 0. The molecule has 7 nitrogen and oxygen atoms in total. The lowest BCUT2D eigenvalue weighted by molar-refractivity contribution is -0.140. The molecule has 0 aliphatic carbocycles. The Labute approximate surface area is 112 Å². The quantitative estimate of drug-likeness (QED) is 0.294. The summed E-state index contributed by atoms with van der Waals surface area (Å²) < 4.78 is 14.6. The van der Waals surface area contributed by atoms with Crippen LogP contribution in [0.1, 0.15) is 20.8 Å². The number of amides is 1. The van der Waals surface area contributed by atoms with Gasteiger partial charge in [0.25, 0.3) is 0 Å². The fraction of sp³-hybridized carbons (Fsp3) is 0.667. The van der Waals surface area contributed by atoms with Crippen LogP contribution in [-0.2, 0) is 23.8 Å². The maximum Gasteiger partial charge on any atom is 0.431 e. The zero-order chi connectivity index (χ0) is 14.5. The van der Waals surface area contributed by atoms with E-state index in [9.17, 15) is 9.59 Å². The molecule has 0 spiro atoms. The maximum atomic E-state index is 11.2. The van der Waals surface area contributed by atoms with Crippen LogP contribution in [0.15, 0.2) is 11.6 Å². The van der Waals surface area contributed by atoms with E-state index in [0.29, 0.717) is 5.57 Å². The van der Waals surface area contributed by atoms with Crippen molar-refractivity contribution in [2.24, 2.45) is 0 Å². The van der Waals surface area contributed by atoms with Gasteiger partial charge in [0.05, 0.1) is 26.4 Å². The Morgan fingerprint density at radius 1 is 1.11 bits per heavy atom. The molecular weight excluding hydrogens is 254 g/mol. The highest BCUT2D eigenvalue weighted by molar-refractivity contribution is 5.87. The maximum absolute atomic E-state index is 11.2. The first-order chi connectivity index (χ1) is 9.11. The van der Waals surface area contributed by atoms with Gasteiger partial charge in [-0.05, 0) is 20.8 Å². The topological polar surface area (TPSA) is 83.1 Å². The zero-order valence-electron chi connectivity index (χ0n) is 11.6. The normalized spacial score (nSPS) is 11.0. The minimum Gasteiger partial charge on any atom is -0.460 e. The van der Waals surface area contributed by atoms with Gasteiger partial charge in [0.2, 0.25) is 0 Å². The third kappa shape index (κ3) is 10.0. The molecule has 0 heterocycles. The molecule has 0 rings (SSSR count). The Balaban J connectivity index is 3.32. The first-order valence-electron chi connectivity index (χ1n) is 6.04. The fourth-order valence-electron chi connectivity index (χ4n) is 0.898. The van der Waals surface area contributed by atoms with Crippen molar-refractivity contribution in [3.05, 3.63) is 11.6 Å². The van der Waals surface area contributed by atoms with Crippen LogP contribution in [0.2, 0.25) is 0 Å². The number of hydroxylamine groups is 1. The number of hydrogen-bond acceptors (Lipinski definition) is 6. The first-order valence-corrected chi connectivity index (χ1v) is 6.04. The van der Waals surface area contributed by atoms with Crippen molar-refractivity contribution < 1.29 is 28.6 Å². The predicted octanol–water partition coefficient (Wildman–Crippen LogP) is 1.19. The summed E-state index contributed by atoms with van der Waals surface area (Å²) in [4.78, 5) is 26.8. The molecule has 0 radical (unpaired) electrons. The molecular formula is C12H21NO6. The van der Waals surface area contributed by atoms with Crippen LogP contribution in [-0.4, -0.2) is 45.1 Å². The van der Waals surface area contributed by atoms with Crippen molar-refractivity contribution >= 4 is 12.1 Å². The van der Waals surface area contributed by atoms with E-state index in [2.05, 4.69) is 10.2 Å². The third-order valence-electron chi connectivity index (χ3n) is 1.98. The second-order valence-corrected chi connectivity index (χ2v) is 3.39. The third-order valence-corrected chi connectivity index (χ3v) is 1.98. The lowest BCUT2D eigenvalue weighted by atomic mass is 10.3. The van der Waals surface area contributed by atoms with Gasteiger partial charge < -0.3 is 14.2 Å². The number of rotatable bonds is 9. The van der Waals surface area contributed by atoms with Crippen LogP contribution in [0, 0.1) is 0 Å². The Morgan fingerprint density at radius 2 is 1.79 bits per heavy atom. The van der Waals surface area contributed by atoms with Gasteiger partial charge in [-0.1, -0.05) is 6.08 Å². The molecule has 19 heavy (non-hydrogen) atoms. The number of nitrogens with one attached hydrogen (secondary N) is 1. The van der Waals surface area contributed by atoms with E-state index >= 15 is 0 Å². The minimum absolute atomic E-state index is 0.176. The molecule has 1 N–H and O–H groups in total. The van der Waals surface area contributed by atoms with Crippen molar-refractivity contribution in [2.75, 3.05) is 33.0 Å². The van der Waals surface area contributed by atoms with E-state index in [-0.39, 0.29) is 39.0 Å². The molecule has 0 saturated carbocycles. The van der Waals surface area contributed by atoms with Gasteiger partial charge in [-0.15, -0.1) is 0 Å². The van der Waals surface area contributed by atoms with Crippen molar-refractivity contribution in [2.45, 2.75) is 20.8 Å². The first kappa shape index (κ1) is 17.4. The Hall–Kier alpha value is -1.60. The highest BCUT2D eigenvalue weighted by atomic mass is 16.7. The second-order valence-electron chi connectivity index (χ2n) is 3.39. The molecule has 0 aliphatic heterocycles. The van der Waals surface area contributed by atoms with Crippen molar-refractivity contribution in [3.63, 3.8) is 0 Å². The van der Waals surface area contributed by atoms with Gasteiger partial charge in [-0.3, -0.25) is 4.84 Å². The minimum atomic E-state index is -0.641. The highest BCUT2D eigenvalue weighted by Gasteiger charge is 2.03. The summed E-state index contributed by atoms with van der Waals surface area (Å²) in [5.74, 6) is -0.355. The molecule has 110 valence electrons. The highest BCUT2D eigenvalue weighted by Crippen LogP contribution is 1.95. The molecule has 0 unspecified atom stereocenters. The van der Waals surface area contributed by atoms with Gasteiger partial charge in [0, 0.05) is 5.57 Å². The van der Waals surface area contributed by atoms with Gasteiger partial charge >= 0.3 is 12.1 Å². The number of ether oxygens (including phenoxy) is 3. The van der Waals surface area contributed by atoms with E-state index in [4.69, 9.17) is 14.3 Å². The SMILES string of the molecule is CC=C(C)C(=O)OCCOCCONC(=O)OCC. The summed E-state index contributed by atoms with van der Waals surface area (Å²) in [5.41, 5.74) is 2.64. The molecule has 0 aromatic rings. The van der Waals surface area contributed by atoms with Crippen LogP contribution in [0.5, 0.6) is 0 Å². The molecule has 0 fully saturated rings. The van der Waals surface area contributed by atoms with Crippen LogP contribution in [0.25, 0.3) is 0 Å². The lowest BCUT2D eigenvalue weighted by Gasteiger charge is -2.07. The van der Waals surface area contributed by atoms with Gasteiger partial charge in [-0.2, -0.15) is 5.48 Å². The molecule has 0 bridgehead atoms. The second kappa shape index (κ2) is 11.5. The summed E-state index contributed by atoms with van der Waals surface area (Å²) in [6, 6.07) is 0. The monoisotopic (exact) mass is 275 g/mol. The molecule has 0 atom stereocenters. The number of allylic oxidation sites excluding steroid dienone is 1. The molecule has 0 aliphatic rings. The number of carbonyl (C=O) groups is 2. The largest absolute Gasteiger partial charge is 0.460 e. The molecule has 0 aromatic carbocycles. The van der Waals surface area contributed by atoms with E-state index < -0.39 is 6.09 Å². The smallest absolute Gasteiger partial charge is 0.431 e. The zero-order valence-corrected chi connectivity index (χ0v) is 11.6. The summed E-state index contributed by atoms with van der Waals surface area (Å²) in [5, 5.41) is 0. The van der Waals surface area contributed by atoms with Crippen LogP contribution in [0.4, 0.5) is 4.79 Å². The summed E-state index contributed by atoms with van der Waals surface area (Å²) >= 11 is 0. The lowest BCUT2D eigenvalue weighted by Crippen LogP contribution is -2.26. The van der Waals surface area contributed by atoms with E-state index in [1.165, 1.54) is 0 Å². The van der Waals surface area contributed by atoms with Crippen molar-refractivity contribution in [1.82, 2.24) is 5.48 Å². The Morgan fingerprint density at radius 3 is 2.42 bits per heavy atom. The average molecular weight is 275 g/mol. The number of hydrogen-bond donors (Lipinski definition) is 1. The van der Waals surface area contributed by atoms with Crippen LogP contribution < -0.4 is 5.48 Å². The summed E-state index contributed by atoms with van der Waals surface area (Å²) in [6.45, 7) is 6.31. The standard InChI is InChI=1S/C12H21NO6/c1-4-10(3)11(14)18-8-6-16-7-9-19-13-12(15)17-5-2/h4H,5-9H2,1-3H3,(H,13,15). The Bertz CT molecular complexity index is 303. The molecule has 1 amide bonds. The van der Waals surface area contributed by atoms with E-state index in [1.54, 1.807) is 26.8 Å². The van der Waals surface area contributed by atoms with E-state index in [1.807, 2.05) is 0 Å². The van der Waals surface area contributed by atoms with Gasteiger partial charge in [0.1, 0.15) is 6.61 Å². The fourth-order valence-corrected chi connectivity index (χ4v) is 0.898. The Kier molecular flexibility index (Phi) is 10.5. The van der Waals surface area contributed by atoms with Crippen LogP contribution in [0.3, 0.4) is 0 Å². The summed E-state index contributed by atoms with van der Waals surface area (Å²) in [6.07, 6.45) is 1.04. The van der Waals surface area contributed by atoms with E-state index in [0.717, 1.165) is 0 Å². The molecule has 0 saturated heterocycles. The van der Waals surface area contributed by atoms with Crippen LogP contribution >= 0.6 is 0 Å².